The summed E-state index contributed by atoms with van der Waals surface area (Å²) in [6.45, 7) is 6.85. The molecule has 0 aliphatic carbocycles. The molecule has 0 fully saturated rings. The Morgan fingerprint density at radius 2 is 2.06 bits per heavy atom. The van der Waals surface area contributed by atoms with E-state index in [0.29, 0.717) is 6.04 Å². The highest BCUT2D eigenvalue weighted by Gasteiger charge is 2.06. The Labute approximate surface area is 108 Å². The van der Waals surface area contributed by atoms with Crippen molar-refractivity contribution < 1.29 is 5.11 Å². The molecule has 0 radical (unpaired) electrons. The molecule has 2 rings (SSSR count). The summed E-state index contributed by atoms with van der Waals surface area (Å²) in [5, 5.41) is 14.0. The predicted octanol–water partition coefficient (Wildman–Crippen LogP) is 2.76. The van der Waals surface area contributed by atoms with E-state index in [0.717, 1.165) is 24.2 Å². The van der Waals surface area contributed by atoms with Crippen molar-refractivity contribution >= 4 is 0 Å². The van der Waals surface area contributed by atoms with Gasteiger partial charge in [-0.1, -0.05) is 6.92 Å². The van der Waals surface area contributed by atoms with Crippen LogP contribution in [0, 0.1) is 0 Å². The highest BCUT2D eigenvalue weighted by Crippen LogP contribution is 2.14. The van der Waals surface area contributed by atoms with Crippen LogP contribution in [-0.2, 0) is 6.54 Å². The van der Waals surface area contributed by atoms with E-state index < -0.39 is 6.10 Å². The molecule has 2 aromatic heterocycles. The summed E-state index contributed by atoms with van der Waals surface area (Å²) < 4.78 is 4.06. The summed E-state index contributed by atoms with van der Waals surface area (Å²) in [7, 11) is 0. The number of aliphatic hydroxyl groups is 1. The normalized spacial score (nSPS) is 14.7. The number of rotatable bonds is 5. The molecule has 2 atom stereocenters. The molecule has 0 aliphatic heterocycles. The van der Waals surface area contributed by atoms with Crippen molar-refractivity contribution in [1.29, 1.82) is 0 Å². The van der Waals surface area contributed by atoms with Gasteiger partial charge in [0.05, 0.1) is 18.3 Å². The van der Waals surface area contributed by atoms with Crippen molar-refractivity contribution in [3.63, 3.8) is 0 Å². The van der Waals surface area contributed by atoms with E-state index in [1.807, 2.05) is 40.0 Å². The molecule has 0 saturated heterocycles. The molecule has 98 valence electrons. The molecule has 2 heterocycles. The van der Waals surface area contributed by atoms with Crippen molar-refractivity contribution in [2.45, 2.75) is 45.9 Å². The average molecular weight is 247 g/mol. The van der Waals surface area contributed by atoms with E-state index in [-0.39, 0.29) is 0 Å². The maximum absolute atomic E-state index is 9.48. The molecule has 0 saturated carbocycles. The minimum atomic E-state index is -0.413. The van der Waals surface area contributed by atoms with Gasteiger partial charge in [0.15, 0.2) is 0 Å². The van der Waals surface area contributed by atoms with Gasteiger partial charge < -0.3 is 9.67 Å². The Morgan fingerprint density at radius 3 is 2.67 bits per heavy atom. The first-order valence-electron chi connectivity index (χ1n) is 6.48. The van der Waals surface area contributed by atoms with E-state index >= 15 is 0 Å². The Hall–Kier alpha value is -1.55. The van der Waals surface area contributed by atoms with Crippen LogP contribution in [0.4, 0.5) is 0 Å². The standard InChI is InChI=1S/C14H21N3O/c1-4-11(2)17-8-6-14(15-17)10-16-7-5-13(9-16)12(3)18/h5-9,11-12,18H,4,10H2,1-3H3. The molecular formula is C14H21N3O. The summed E-state index contributed by atoms with van der Waals surface area (Å²) in [5.41, 5.74) is 1.99. The Kier molecular flexibility index (Phi) is 3.87. The van der Waals surface area contributed by atoms with Crippen molar-refractivity contribution in [1.82, 2.24) is 14.3 Å². The second kappa shape index (κ2) is 5.40. The number of hydrogen-bond acceptors (Lipinski definition) is 2. The molecule has 0 spiro atoms. The Balaban J connectivity index is 2.06. The van der Waals surface area contributed by atoms with Gasteiger partial charge in [-0.15, -0.1) is 0 Å². The fourth-order valence-corrected chi connectivity index (χ4v) is 1.89. The predicted molar refractivity (Wildman–Crippen MR) is 71.4 cm³/mol. The Bertz CT molecular complexity index is 499. The molecule has 0 aliphatic rings. The van der Waals surface area contributed by atoms with Crippen LogP contribution in [0.25, 0.3) is 0 Å². The molecule has 4 heteroatoms. The molecule has 2 unspecified atom stereocenters. The lowest BCUT2D eigenvalue weighted by Gasteiger charge is -2.08. The number of aliphatic hydroxyl groups excluding tert-OH is 1. The molecule has 4 nitrogen and oxygen atoms in total. The summed E-state index contributed by atoms with van der Waals surface area (Å²) >= 11 is 0. The maximum atomic E-state index is 9.48. The third-order valence-corrected chi connectivity index (χ3v) is 3.31. The van der Waals surface area contributed by atoms with Gasteiger partial charge in [0.1, 0.15) is 0 Å². The van der Waals surface area contributed by atoms with Gasteiger partial charge in [-0.25, -0.2) is 0 Å². The van der Waals surface area contributed by atoms with Crippen LogP contribution in [-0.4, -0.2) is 19.5 Å². The largest absolute Gasteiger partial charge is 0.389 e. The zero-order valence-electron chi connectivity index (χ0n) is 11.2. The van der Waals surface area contributed by atoms with Gasteiger partial charge in [0.2, 0.25) is 0 Å². The Morgan fingerprint density at radius 1 is 1.28 bits per heavy atom. The van der Waals surface area contributed by atoms with Crippen LogP contribution in [0.15, 0.2) is 30.7 Å². The summed E-state index contributed by atoms with van der Waals surface area (Å²) in [4.78, 5) is 0. The minimum Gasteiger partial charge on any atom is -0.389 e. The second-order valence-corrected chi connectivity index (χ2v) is 4.84. The zero-order valence-corrected chi connectivity index (χ0v) is 11.2. The number of nitrogens with zero attached hydrogens (tertiary/aromatic N) is 3. The molecule has 0 aromatic carbocycles. The topological polar surface area (TPSA) is 43.0 Å². The van der Waals surface area contributed by atoms with Gasteiger partial charge >= 0.3 is 0 Å². The first-order chi connectivity index (χ1) is 8.60. The maximum Gasteiger partial charge on any atom is 0.0821 e. The third-order valence-electron chi connectivity index (χ3n) is 3.31. The van der Waals surface area contributed by atoms with Crippen LogP contribution in [0.5, 0.6) is 0 Å². The fraction of sp³-hybridized carbons (Fsp3) is 0.500. The first kappa shape index (κ1) is 12.9. The fourth-order valence-electron chi connectivity index (χ4n) is 1.89. The number of hydrogen-bond donors (Lipinski definition) is 1. The zero-order chi connectivity index (χ0) is 13.1. The molecule has 18 heavy (non-hydrogen) atoms. The minimum absolute atomic E-state index is 0.413. The smallest absolute Gasteiger partial charge is 0.0821 e. The molecule has 1 N–H and O–H groups in total. The molecular weight excluding hydrogens is 226 g/mol. The van der Waals surface area contributed by atoms with E-state index in [9.17, 15) is 5.11 Å². The van der Waals surface area contributed by atoms with Crippen LogP contribution >= 0.6 is 0 Å². The quantitative estimate of drug-likeness (QED) is 0.882. The van der Waals surface area contributed by atoms with Gasteiger partial charge in [-0.3, -0.25) is 4.68 Å². The van der Waals surface area contributed by atoms with Crippen LogP contribution < -0.4 is 0 Å². The van der Waals surface area contributed by atoms with Crippen molar-refractivity contribution in [2.24, 2.45) is 0 Å². The lowest BCUT2D eigenvalue weighted by atomic mass is 10.2. The monoisotopic (exact) mass is 247 g/mol. The van der Waals surface area contributed by atoms with Gasteiger partial charge in [-0.2, -0.15) is 5.10 Å². The van der Waals surface area contributed by atoms with Crippen LogP contribution in [0.2, 0.25) is 0 Å². The third kappa shape index (κ3) is 2.82. The molecule has 0 bridgehead atoms. The summed E-state index contributed by atoms with van der Waals surface area (Å²) in [6.07, 6.45) is 6.64. The van der Waals surface area contributed by atoms with Gasteiger partial charge in [-0.05, 0) is 38.0 Å². The second-order valence-electron chi connectivity index (χ2n) is 4.84. The number of aromatic nitrogens is 3. The summed E-state index contributed by atoms with van der Waals surface area (Å²) in [6, 6.07) is 4.43. The van der Waals surface area contributed by atoms with Gasteiger partial charge in [0.25, 0.3) is 0 Å². The molecule has 0 amide bonds. The van der Waals surface area contributed by atoms with E-state index in [1.165, 1.54) is 0 Å². The first-order valence-corrected chi connectivity index (χ1v) is 6.48. The lowest BCUT2D eigenvalue weighted by molar-refractivity contribution is 0.199. The van der Waals surface area contributed by atoms with E-state index in [2.05, 4.69) is 18.9 Å². The highest BCUT2D eigenvalue weighted by atomic mass is 16.3. The van der Waals surface area contributed by atoms with E-state index in [4.69, 9.17) is 0 Å². The van der Waals surface area contributed by atoms with Crippen LogP contribution in [0.3, 0.4) is 0 Å². The molecule has 2 aromatic rings. The van der Waals surface area contributed by atoms with Crippen molar-refractivity contribution in [3.05, 3.63) is 42.0 Å². The van der Waals surface area contributed by atoms with Crippen molar-refractivity contribution in [2.75, 3.05) is 0 Å². The SMILES string of the molecule is CCC(C)n1ccc(Cn2ccc(C(C)O)c2)n1. The average Bonchev–Trinajstić information content (AvgIpc) is 2.98. The van der Waals surface area contributed by atoms with Gasteiger partial charge in [0, 0.05) is 24.6 Å². The van der Waals surface area contributed by atoms with E-state index in [1.54, 1.807) is 6.92 Å². The summed E-state index contributed by atoms with van der Waals surface area (Å²) in [5.74, 6) is 0. The van der Waals surface area contributed by atoms with Crippen LogP contribution in [0.1, 0.15) is 50.6 Å². The lowest BCUT2D eigenvalue weighted by Crippen LogP contribution is -2.06. The highest BCUT2D eigenvalue weighted by molar-refractivity contribution is 5.14. The van der Waals surface area contributed by atoms with Crippen molar-refractivity contribution in [3.8, 4) is 0 Å².